The maximum absolute atomic E-state index is 11.7. The number of carbonyl (C=O) groups is 1. The van der Waals surface area contributed by atoms with E-state index in [-0.39, 0.29) is 0 Å². The number of rotatable bonds is 9. The summed E-state index contributed by atoms with van der Waals surface area (Å²) in [6.45, 7) is 3.70. The van der Waals surface area contributed by atoms with Crippen LogP contribution < -0.4 is 4.90 Å². The zero-order valence-electron chi connectivity index (χ0n) is 18.1. The number of anilines is 1. The van der Waals surface area contributed by atoms with E-state index in [0.29, 0.717) is 12.1 Å². The molecule has 0 fully saturated rings. The van der Waals surface area contributed by atoms with E-state index in [0.717, 1.165) is 41.8 Å². The van der Waals surface area contributed by atoms with Gasteiger partial charge in [-0.1, -0.05) is 80.5 Å². The monoisotopic (exact) mass is 411 g/mol. The molecule has 0 saturated heterocycles. The Bertz CT molecular complexity index is 1030. The topological polar surface area (TPSA) is 40.5 Å². The molecule has 0 amide bonds. The van der Waals surface area contributed by atoms with Crippen LogP contribution in [0.1, 0.15) is 59.7 Å². The number of benzene rings is 3. The van der Waals surface area contributed by atoms with Crippen LogP contribution in [-0.2, 0) is 6.54 Å². The third-order valence-electron chi connectivity index (χ3n) is 5.21. The predicted molar refractivity (Wildman–Crippen MR) is 127 cm³/mol. The number of carboxylic acid groups (broad SMARTS) is 1. The average molecular weight is 412 g/mol. The largest absolute Gasteiger partial charge is 0.478 e. The number of nitrogens with zero attached hydrogens (tertiary/aromatic N) is 1. The van der Waals surface area contributed by atoms with Crippen molar-refractivity contribution in [2.45, 2.75) is 39.2 Å². The molecule has 1 N–H and O–H groups in total. The molecule has 3 rings (SSSR count). The lowest BCUT2D eigenvalue weighted by atomic mass is 10.1. The summed E-state index contributed by atoms with van der Waals surface area (Å²) in [5, 5.41) is 9.64. The molecule has 3 aromatic carbocycles. The Hall–Kier alpha value is -3.51. The molecule has 0 spiro atoms. The highest BCUT2D eigenvalue weighted by atomic mass is 16.4. The lowest BCUT2D eigenvalue weighted by Crippen LogP contribution is -2.26. The van der Waals surface area contributed by atoms with Gasteiger partial charge in [0.15, 0.2) is 0 Å². The molecule has 31 heavy (non-hydrogen) atoms. The maximum atomic E-state index is 11.7. The predicted octanol–water partition coefficient (Wildman–Crippen LogP) is 6.37. The van der Waals surface area contributed by atoms with Gasteiger partial charge in [0.2, 0.25) is 0 Å². The van der Waals surface area contributed by atoms with Gasteiger partial charge in [0.1, 0.15) is 0 Å². The summed E-state index contributed by atoms with van der Waals surface area (Å²) in [5.41, 5.74) is 4.23. The van der Waals surface area contributed by atoms with E-state index in [1.54, 1.807) is 12.1 Å². The quantitative estimate of drug-likeness (QED) is 0.328. The molecule has 0 unspecified atom stereocenters. The second-order valence-electron chi connectivity index (χ2n) is 7.62. The first-order chi connectivity index (χ1) is 15.2. The Balaban J connectivity index is 1.76. The van der Waals surface area contributed by atoms with E-state index in [4.69, 9.17) is 0 Å². The van der Waals surface area contributed by atoms with Gasteiger partial charge in [0, 0.05) is 24.2 Å². The minimum Gasteiger partial charge on any atom is -0.478 e. The Morgan fingerprint density at radius 2 is 1.45 bits per heavy atom. The van der Waals surface area contributed by atoms with Gasteiger partial charge >= 0.3 is 5.97 Å². The second-order valence-corrected chi connectivity index (χ2v) is 7.62. The van der Waals surface area contributed by atoms with Crippen LogP contribution in [0.15, 0.2) is 78.9 Å². The molecule has 0 bridgehead atoms. The Morgan fingerprint density at radius 3 is 2.13 bits per heavy atom. The molecule has 0 saturated carbocycles. The first kappa shape index (κ1) is 22.2. The van der Waals surface area contributed by atoms with Crippen LogP contribution in [0.4, 0.5) is 5.69 Å². The Labute approximate surface area is 185 Å². The molecule has 0 radical (unpaired) electrons. The summed E-state index contributed by atoms with van der Waals surface area (Å²) in [6, 6.07) is 25.4. The summed E-state index contributed by atoms with van der Waals surface area (Å²) in [5.74, 6) is 5.50. The van der Waals surface area contributed by atoms with Crippen molar-refractivity contribution in [3.8, 4) is 11.8 Å². The van der Waals surface area contributed by atoms with Crippen LogP contribution in [0.2, 0.25) is 0 Å². The van der Waals surface area contributed by atoms with Crippen molar-refractivity contribution in [2.75, 3.05) is 11.4 Å². The van der Waals surface area contributed by atoms with Crippen molar-refractivity contribution in [3.63, 3.8) is 0 Å². The highest BCUT2D eigenvalue weighted by Gasteiger charge is 2.15. The molecule has 3 aromatic rings. The average Bonchev–Trinajstić information content (AvgIpc) is 2.81. The van der Waals surface area contributed by atoms with Crippen molar-refractivity contribution < 1.29 is 9.90 Å². The summed E-state index contributed by atoms with van der Waals surface area (Å²) in [6.07, 6.45) is 4.57. The number of hydrogen-bond donors (Lipinski definition) is 1. The summed E-state index contributed by atoms with van der Waals surface area (Å²) < 4.78 is 0. The zero-order chi connectivity index (χ0) is 21.9. The van der Waals surface area contributed by atoms with Gasteiger partial charge < -0.3 is 10.0 Å². The number of carboxylic acids is 1. The molecule has 0 aliphatic rings. The third kappa shape index (κ3) is 6.76. The fourth-order valence-electron chi connectivity index (χ4n) is 3.52. The third-order valence-corrected chi connectivity index (χ3v) is 5.21. The molecule has 158 valence electrons. The van der Waals surface area contributed by atoms with E-state index in [1.807, 2.05) is 54.6 Å². The van der Waals surface area contributed by atoms with Gasteiger partial charge in [-0.05, 0) is 48.4 Å². The van der Waals surface area contributed by atoms with Crippen molar-refractivity contribution in [1.82, 2.24) is 0 Å². The highest BCUT2D eigenvalue weighted by molar-refractivity contribution is 5.94. The van der Waals surface area contributed by atoms with Crippen LogP contribution in [0.5, 0.6) is 0 Å². The van der Waals surface area contributed by atoms with E-state index in [1.165, 1.54) is 12.8 Å². The van der Waals surface area contributed by atoms with Crippen molar-refractivity contribution in [2.24, 2.45) is 0 Å². The van der Waals surface area contributed by atoms with E-state index in [9.17, 15) is 9.90 Å². The molecule has 0 aliphatic carbocycles. The van der Waals surface area contributed by atoms with E-state index >= 15 is 0 Å². The van der Waals surface area contributed by atoms with Crippen molar-refractivity contribution in [1.29, 1.82) is 0 Å². The molecule has 0 atom stereocenters. The molecule has 0 aliphatic heterocycles. The van der Waals surface area contributed by atoms with Gasteiger partial charge in [-0.3, -0.25) is 0 Å². The van der Waals surface area contributed by atoms with Gasteiger partial charge in [0.05, 0.1) is 11.3 Å². The van der Waals surface area contributed by atoms with Crippen LogP contribution in [0.3, 0.4) is 0 Å². The van der Waals surface area contributed by atoms with Crippen LogP contribution in [0, 0.1) is 11.8 Å². The fourth-order valence-corrected chi connectivity index (χ4v) is 3.52. The second kappa shape index (κ2) is 11.6. The van der Waals surface area contributed by atoms with Gasteiger partial charge in [-0.25, -0.2) is 4.79 Å². The normalized spacial score (nSPS) is 10.2. The highest BCUT2D eigenvalue weighted by Crippen LogP contribution is 2.23. The fraction of sp³-hybridized carbons (Fsp3) is 0.250. The summed E-state index contributed by atoms with van der Waals surface area (Å²) in [7, 11) is 0. The van der Waals surface area contributed by atoms with Crippen LogP contribution in [0.25, 0.3) is 0 Å². The first-order valence-corrected chi connectivity index (χ1v) is 10.9. The maximum Gasteiger partial charge on any atom is 0.337 e. The molecule has 3 heteroatoms. The van der Waals surface area contributed by atoms with E-state index < -0.39 is 5.97 Å². The first-order valence-electron chi connectivity index (χ1n) is 10.9. The number of aromatic carboxylic acids is 1. The standard InChI is InChI=1S/C28H29NO2/c1-2-3-4-10-21-29(27-14-9-8-13-26(27)28(30)31)22-25-19-17-24(18-20-25)16-15-23-11-6-5-7-12-23/h5-9,11-14,17-20H,2-4,10,21-22H2,1H3,(H,30,31). The number of para-hydroxylation sites is 1. The lowest BCUT2D eigenvalue weighted by molar-refractivity contribution is 0.0697. The van der Waals surface area contributed by atoms with Crippen LogP contribution in [-0.4, -0.2) is 17.6 Å². The Morgan fingerprint density at radius 1 is 0.806 bits per heavy atom. The smallest absolute Gasteiger partial charge is 0.337 e. The molecular formula is C28H29NO2. The number of unbranched alkanes of at least 4 members (excludes halogenated alkanes) is 3. The Kier molecular flexibility index (Phi) is 8.31. The van der Waals surface area contributed by atoms with Crippen molar-refractivity contribution in [3.05, 3.63) is 101 Å². The molecular weight excluding hydrogens is 382 g/mol. The molecule has 0 heterocycles. The van der Waals surface area contributed by atoms with Crippen molar-refractivity contribution >= 4 is 11.7 Å². The van der Waals surface area contributed by atoms with Gasteiger partial charge in [0.25, 0.3) is 0 Å². The number of hydrogen-bond acceptors (Lipinski definition) is 2. The molecule has 3 nitrogen and oxygen atoms in total. The summed E-state index contributed by atoms with van der Waals surface area (Å²) in [4.78, 5) is 13.9. The van der Waals surface area contributed by atoms with E-state index in [2.05, 4.69) is 35.8 Å². The molecule has 0 aromatic heterocycles. The minimum atomic E-state index is -0.888. The summed E-state index contributed by atoms with van der Waals surface area (Å²) >= 11 is 0. The minimum absolute atomic E-state index is 0.350. The van der Waals surface area contributed by atoms with Crippen LogP contribution >= 0.6 is 0 Å². The zero-order valence-corrected chi connectivity index (χ0v) is 18.1. The SMILES string of the molecule is CCCCCCN(Cc1ccc(C#Cc2ccccc2)cc1)c1ccccc1C(=O)O. The lowest BCUT2D eigenvalue weighted by Gasteiger charge is -2.26. The van der Waals surface area contributed by atoms with Gasteiger partial charge in [-0.2, -0.15) is 0 Å². The van der Waals surface area contributed by atoms with Gasteiger partial charge in [-0.15, -0.1) is 0 Å².